The zero-order valence-electron chi connectivity index (χ0n) is 10.5. The molecule has 1 aliphatic carbocycles. The van der Waals surface area contributed by atoms with Crippen molar-refractivity contribution in [1.82, 2.24) is 4.90 Å². The van der Waals surface area contributed by atoms with Crippen molar-refractivity contribution in [2.24, 2.45) is 17.6 Å². The molecule has 2 amide bonds. The average molecular weight is 238 g/mol. The normalized spacial score (nSPS) is 30.6. The molecule has 0 radical (unpaired) electrons. The summed E-state index contributed by atoms with van der Waals surface area (Å²) in [5.74, 6) is 0.0107. The van der Waals surface area contributed by atoms with Crippen LogP contribution in [0.5, 0.6) is 0 Å². The second-order valence-electron chi connectivity index (χ2n) is 5.22. The number of carbonyl (C=O) groups excluding carboxylic acids is 2. The van der Waals surface area contributed by atoms with E-state index in [1.165, 1.54) is 4.90 Å². The van der Waals surface area contributed by atoms with Crippen LogP contribution in [0, 0.1) is 11.8 Å². The van der Waals surface area contributed by atoms with Gasteiger partial charge in [0.1, 0.15) is 0 Å². The van der Waals surface area contributed by atoms with E-state index in [9.17, 15) is 9.59 Å². The smallest absolute Gasteiger partial charge is 0.233 e. The molecule has 0 spiro atoms. The van der Waals surface area contributed by atoms with E-state index >= 15 is 0 Å². The third-order valence-corrected chi connectivity index (χ3v) is 4.13. The number of imide groups is 1. The SMILES string of the molecule is CCCC(CN)N1C(=O)C2CCCCC2C1=O. The fourth-order valence-corrected chi connectivity index (χ4v) is 3.23. The van der Waals surface area contributed by atoms with Crippen molar-refractivity contribution >= 4 is 11.8 Å². The molecule has 0 bridgehead atoms. The molecular formula is C13H22N2O2. The van der Waals surface area contributed by atoms with Crippen molar-refractivity contribution in [2.45, 2.75) is 51.5 Å². The Bertz CT molecular complexity index is 293. The van der Waals surface area contributed by atoms with Crippen LogP contribution in [0.1, 0.15) is 45.4 Å². The second-order valence-corrected chi connectivity index (χ2v) is 5.22. The maximum absolute atomic E-state index is 12.3. The lowest BCUT2D eigenvalue weighted by molar-refractivity contribution is -0.142. The zero-order valence-corrected chi connectivity index (χ0v) is 10.5. The van der Waals surface area contributed by atoms with E-state index in [4.69, 9.17) is 5.73 Å². The highest BCUT2D eigenvalue weighted by Gasteiger charge is 2.49. The number of nitrogens with zero attached hydrogens (tertiary/aromatic N) is 1. The Morgan fingerprint density at radius 3 is 2.18 bits per heavy atom. The lowest BCUT2D eigenvalue weighted by Crippen LogP contribution is -2.44. The maximum Gasteiger partial charge on any atom is 0.233 e. The Morgan fingerprint density at radius 2 is 1.76 bits per heavy atom. The van der Waals surface area contributed by atoms with E-state index in [-0.39, 0.29) is 29.7 Å². The predicted molar refractivity (Wildman–Crippen MR) is 65.1 cm³/mol. The minimum atomic E-state index is -0.0781. The van der Waals surface area contributed by atoms with Gasteiger partial charge in [0, 0.05) is 6.54 Å². The zero-order chi connectivity index (χ0) is 12.4. The van der Waals surface area contributed by atoms with Gasteiger partial charge in [-0.3, -0.25) is 14.5 Å². The fourth-order valence-electron chi connectivity index (χ4n) is 3.23. The number of nitrogens with two attached hydrogens (primary N) is 1. The summed E-state index contributed by atoms with van der Waals surface area (Å²) >= 11 is 0. The fraction of sp³-hybridized carbons (Fsp3) is 0.846. The minimum Gasteiger partial charge on any atom is -0.328 e. The number of likely N-dealkylation sites (tertiary alicyclic amines) is 1. The van der Waals surface area contributed by atoms with Crippen molar-refractivity contribution in [1.29, 1.82) is 0 Å². The summed E-state index contributed by atoms with van der Waals surface area (Å²) in [6.45, 7) is 2.45. The van der Waals surface area contributed by atoms with Gasteiger partial charge in [0.2, 0.25) is 11.8 Å². The Hall–Kier alpha value is -0.900. The molecule has 0 aromatic carbocycles. The van der Waals surface area contributed by atoms with Gasteiger partial charge in [-0.1, -0.05) is 26.2 Å². The topological polar surface area (TPSA) is 63.4 Å². The Kier molecular flexibility index (Phi) is 3.82. The van der Waals surface area contributed by atoms with E-state index in [0.29, 0.717) is 6.54 Å². The summed E-state index contributed by atoms with van der Waals surface area (Å²) in [6.07, 6.45) is 5.70. The quantitative estimate of drug-likeness (QED) is 0.751. The molecule has 2 rings (SSSR count). The lowest BCUT2D eigenvalue weighted by Gasteiger charge is -2.25. The van der Waals surface area contributed by atoms with Crippen LogP contribution in [0.4, 0.5) is 0 Å². The molecule has 3 atom stereocenters. The molecular weight excluding hydrogens is 216 g/mol. The molecule has 2 aliphatic rings. The van der Waals surface area contributed by atoms with Crippen LogP contribution >= 0.6 is 0 Å². The molecule has 2 fully saturated rings. The van der Waals surface area contributed by atoms with Gasteiger partial charge >= 0.3 is 0 Å². The number of amides is 2. The maximum atomic E-state index is 12.3. The van der Waals surface area contributed by atoms with Gasteiger partial charge in [0.05, 0.1) is 17.9 Å². The first-order valence-electron chi connectivity index (χ1n) is 6.77. The third kappa shape index (κ3) is 2.10. The monoisotopic (exact) mass is 238 g/mol. The van der Waals surface area contributed by atoms with Gasteiger partial charge in [0.15, 0.2) is 0 Å². The molecule has 0 aromatic rings. The first kappa shape index (κ1) is 12.6. The summed E-state index contributed by atoms with van der Waals surface area (Å²) in [5.41, 5.74) is 5.71. The molecule has 17 heavy (non-hydrogen) atoms. The highest BCUT2D eigenvalue weighted by Crippen LogP contribution is 2.39. The van der Waals surface area contributed by atoms with Gasteiger partial charge in [-0.05, 0) is 19.3 Å². The van der Waals surface area contributed by atoms with Gasteiger partial charge in [-0.25, -0.2) is 0 Å². The first-order chi connectivity index (χ1) is 8.20. The van der Waals surface area contributed by atoms with Gasteiger partial charge < -0.3 is 5.73 Å². The summed E-state index contributed by atoms with van der Waals surface area (Å²) in [7, 11) is 0. The van der Waals surface area contributed by atoms with Crippen LogP contribution in [-0.2, 0) is 9.59 Å². The van der Waals surface area contributed by atoms with Crippen molar-refractivity contribution in [3.8, 4) is 0 Å². The Balaban J connectivity index is 2.17. The minimum absolute atomic E-state index is 0.0397. The number of fused-ring (bicyclic) bond motifs is 1. The summed E-state index contributed by atoms with van der Waals surface area (Å²) in [5, 5.41) is 0. The van der Waals surface area contributed by atoms with Crippen molar-refractivity contribution in [3.05, 3.63) is 0 Å². The molecule has 1 saturated carbocycles. The lowest BCUT2D eigenvalue weighted by atomic mass is 9.81. The Morgan fingerprint density at radius 1 is 1.24 bits per heavy atom. The van der Waals surface area contributed by atoms with Crippen LogP contribution in [0.15, 0.2) is 0 Å². The van der Waals surface area contributed by atoms with Crippen molar-refractivity contribution < 1.29 is 9.59 Å². The molecule has 0 aromatic heterocycles. The Labute approximate surface area is 103 Å². The number of hydrogen-bond acceptors (Lipinski definition) is 3. The second kappa shape index (κ2) is 5.17. The van der Waals surface area contributed by atoms with Crippen LogP contribution in [0.2, 0.25) is 0 Å². The highest BCUT2D eigenvalue weighted by molar-refractivity contribution is 6.05. The van der Waals surface area contributed by atoms with Crippen LogP contribution in [0.3, 0.4) is 0 Å². The summed E-state index contributed by atoms with van der Waals surface area (Å²) in [4.78, 5) is 26.0. The van der Waals surface area contributed by atoms with Gasteiger partial charge in [-0.2, -0.15) is 0 Å². The molecule has 4 heteroatoms. The molecule has 4 nitrogen and oxygen atoms in total. The third-order valence-electron chi connectivity index (χ3n) is 4.13. The number of carbonyl (C=O) groups is 2. The van der Waals surface area contributed by atoms with E-state index in [2.05, 4.69) is 6.92 Å². The van der Waals surface area contributed by atoms with Crippen LogP contribution in [0.25, 0.3) is 0 Å². The molecule has 1 saturated heterocycles. The van der Waals surface area contributed by atoms with Crippen LogP contribution in [-0.4, -0.2) is 29.3 Å². The van der Waals surface area contributed by atoms with Crippen LogP contribution < -0.4 is 5.73 Å². The molecule has 1 heterocycles. The van der Waals surface area contributed by atoms with E-state index in [0.717, 1.165) is 38.5 Å². The largest absolute Gasteiger partial charge is 0.328 e. The standard InChI is InChI=1S/C13H22N2O2/c1-2-5-9(8-14)15-12(16)10-6-3-4-7-11(10)13(15)17/h9-11H,2-8,14H2,1H3. The number of hydrogen-bond donors (Lipinski definition) is 1. The molecule has 3 unspecified atom stereocenters. The summed E-state index contributed by atoms with van der Waals surface area (Å²) in [6, 6.07) is -0.0781. The van der Waals surface area contributed by atoms with Gasteiger partial charge in [0.25, 0.3) is 0 Å². The van der Waals surface area contributed by atoms with E-state index in [1.807, 2.05) is 0 Å². The van der Waals surface area contributed by atoms with Crippen molar-refractivity contribution in [3.63, 3.8) is 0 Å². The molecule has 1 aliphatic heterocycles. The van der Waals surface area contributed by atoms with E-state index < -0.39 is 0 Å². The molecule has 2 N–H and O–H groups in total. The predicted octanol–water partition coefficient (Wildman–Crippen LogP) is 1.29. The highest BCUT2D eigenvalue weighted by atomic mass is 16.2. The van der Waals surface area contributed by atoms with E-state index in [1.54, 1.807) is 0 Å². The number of rotatable bonds is 4. The average Bonchev–Trinajstić information content (AvgIpc) is 2.61. The summed E-state index contributed by atoms with van der Waals surface area (Å²) < 4.78 is 0. The van der Waals surface area contributed by atoms with Gasteiger partial charge in [-0.15, -0.1) is 0 Å². The molecule has 96 valence electrons. The first-order valence-corrected chi connectivity index (χ1v) is 6.77. The van der Waals surface area contributed by atoms with Crippen molar-refractivity contribution in [2.75, 3.05) is 6.54 Å².